The highest BCUT2D eigenvalue weighted by molar-refractivity contribution is 8.00. The van der Waals surface area contributed by atoms with Crippen molar-refractivity contribution in [2.45, 2.75) is 23.0 Å². The maximum atomic E-state index is 12.0. The third kappa shape index (κ3) is 1.14. The minimum Gasteiger partial charge on any atom is -0.294 e. The van der Waals surface area contributed by atoms with E-state index >= 15 is 0 Å². The van der Waals surface area contributed by atoms with Crippen molar-refractivity contribution in [2.75, 3.05) is 0 Å². The number of ketones is 1. The molecule has 0 amide bonds. The molecular weight excluding hydrogens is 216 g/mol. The summed E-state index contributed by atoms with van der Waals surface area (Å²) in [6.45, 7) is 0. The minimum absolute atomic E-state index is 0.269. The summed E-state index contributed by atoms with van der Waals surface area (Å²) in [5.41, 5.74) is 0.837. The van der Waals surface area contributed by atoms with Crippen molar-refractivity contribution >= 4 is 29.1 Å². The van der Waals surface area contributed by atoms with Gasteiger partial charge in [-0.15, -0.1) is 11.8 Å². The molecule has 0 aromatic heterocycles. The van der Waals surface area contributed by atoms with Gasteiger partial charge >= 0.3 is 0 Å². The highest BCUT2D eigenvalue weighted by atomic mass is 35.5. The van der Waals surface area contributed by atoms with Crippen LogP contribution in [0, 0.1) is 5.92 Å². The lowest BCUT2D eigenvalue weighted by molar-refractivity contribution is 0.0855. The molecule has 2 unspecified atom stereocenters. The van der Waals surface area contributed by atoms with Crippen molar-refractivity contribution in [3.8, 4) is 0 Å². The van der Waals surface area contributed by atoms with E-state index in [2.05, 4.69) is 0 Å². The van der Waals surface area contributed by atoms with Crippen LogP contribution in [0.3, 0.4) is 0 Å². The zero-order chi connectivity index (χ0) is 9.71. The van der Waals surface area contributed by atoms with Crippen LogP contribution in [0.25, 0.3) is 0 Å². The molecule has 1 aliphatic heterocycles. The number of carbonyl (C=O) groups is 1. The molecule has 72 valence electrons. The topological polar surface area (TPSA) is 17.1 Å². The van der Waals surface area contributed by atoms with Crippen LogP contribution in [-0.4, -0.2) is 11.0 Å². The van der Waals surface area contributed by atoms with E-state index in [0.717, 1.165) is 16.9 Å². The molecule has 1 heterocycles. The summed E-state index contributed by atoms with van der Waals surface area (Å²) in [5.74, 6) is 0.573. The third-order valence-electron chi connectivity index (χ3n) is 3.03. The van der Waals surface area contributed by atoms with Crippen LogP contribution in [0.1, 0.15) is 23.2 Å². The molecule has 3 heteroatoms. The summed E-state index contributed by atoms with van der Waals surface area (Å²) in [6.07, 6.45) is 2.24. The average molecular weight is 225 g/mol. The highest BCUT2D eigenvalue weighted by Gasteiger charge is 2.42. The van der Waals surface area contributed by atoms with E-state index in [0.29, 0.717) is 16.1 Å². The van der Waals surface area contributed by atoms with Gasteiger partial charge in [0.1, 0.15) is 0 Å². The van der Waals surface area contributed by atoms with Crippen molar-refractivity contribution in [2.24, 2.45) is 5.92 Å². The molecule has 1 aromatic rings. The Morgan fingerprint density at radius 3 is 2.93 bits per heavy atom. The van der Waals surface area contributed by atoms with Gasteiger partial charge in [-0.2, -0.15) is 0 Å². The van der Waals surface area contributed by atoms with E-state index in [4.69, 9.17) is 11.6 Å². The lowest BCUT2D eigenvalue weighted by Gasteiger charge is -2.39. The van der Waals surface area contributed by atoms with Gasteiger partial charge in [-0.25, -0.2) is 0 Å². The fourth-order valence-corrected chi connectivity index (χ4v) is 3.68. The largest absolute Gasteiger partial charge is 0.294 e. The SMILES string of the molecule is O=C1c2cc(Cl)ccc2SC2CCC12. The second-order valence-electron chi connectivity index (χ2n) is 3.84. The Kier molecular flexibility index (Phi) is 1.89. The molecule has 1 aromatic carbocycles. The van der Waals surface area contributed by atoms with E-state index in [1.807, 2.05) is 23.9 Å². The Morgan fingerprint density at radius 1 is 1.36 bits per heavy atom. The lowest BCUT2D eigenvalue weighted by atomic mass is 9.79. The summed E-state index contributed by atoms with van der Waals surface area (Å²) in [7, 11) is 0. The molecule has 1 aliphatic carbocycles. The van der Waals surface area contributed by atoms with E-state index in [1.54, 1.807) is 6.07 Å². The number of halogens is 1. The summed E-state index contributed by atoms with van der Waals surface area (Å²) >= 11 is 7.72. The van der Waals surface area contributed by atoms with Crippen molar-refractivity contribution in [3.05, 3.63) is 28.8 Å². The monoisotopic (exact) mass is 224 g/mol. The van der Waals surface area contributed by atoms with Gasteiger partial charge in [0.15, 0.2) is 5.78 Å². The first-order chi connectivity index (χ1) is 6.75. The lowest BCUT2D eigenvalue weighted by Crippen LogP contribution is -2.38. The first-order valence-electron chi connectivity index (χ1n) is 4.76. The molecule has 1 saturated carbocycles. The predicted molar refractivity (Wildman–Crippen MR) is 58.2 cm³/mol. The predicted octanol–water partition coefficient (Wildman–Crippen LogP) is 3.41. The van der Waals surface area contributed by atoms with Gasteiger partial charge in [0.05, 0.1) is 0 Å². The highest BCUT2D eigenvalue weighted by Crippen LogP contribution is 2.48. The molecule has 0 radical (unpaired) electrons. The number of Topliss-reactive ketones (excluding diaryl/α,β-unsaturated/α-hetero) is 1. The summed E-state index contributed by atoms with van der Waals surface area (Å²) in [5, 5.41) is 1.20. The molecule has 1 nitrogen and oxygen atoms in total. The molecule has 0 spiro atoms. The van der Waals surface area contributed by atoms with Gasteiger partial charge in [-0.1, -0.05) is 11.6 Å². The average Bonchev–Trinajstić information content (AvgIpc) is 2.12. The molecule has 0 bridgehead atoms. The van der Waals surface area contributed by atoms with Crippen molar-refractivity contribution < 1.29 is 4.79 Å². The quantitative estimate of drug-likeness (QED) is 0.672. The Bertz CT molecular complexity index is 416. The molecule has 0 saturated heterocycles. The second-order valence-corrected chi connectivity index (χ2v) is 5.56. The van der Waals surface area contributed by atoms with Gasteiger partial charge in [-0.3, -0.25) is 4.79 Å². The zero-order valence-electron chi connectivity index (χ0n) is 7.50. The molecule has 1 fully saturated rings. The second kappa shape index (κ2) is 3.01. The molecule has 0 N–H and O–H groups in total. The normalized spacial score (nSPS) is 29.1. The van der Waals surface area contributed by atoms with Crippen molar-refractivity contribution in [1.29, 1.82) is 0 Å². The van der Waals surface area contributed by atoms with E-state index in [1.165, 1.54) is 6.42 Å². The maximum Gasteiger partial charge on any atom is 0.168 e. The van der Waals surface area contributed by atoms with Crippen LogP contribution in [0.4, 0.5) is 0 Å². The Morgan fingerprint density at radius 2 is 2.21 bits per heavy atom. The van der Waals surface area contributed by atoms with Gasteiger partial charge in [0.2, 0.25) is 0 Å². The van der Waals surface area contributed by atoms with Crippen molar-refractivity contribution in [3.63, 3.8) is 0 Å². The number of benzene rings is 1. The standard InChI is InChI=1S/C11H9ClOS/c12-6-1-3-10-8(5-6)11(13)7-2-4-9(7)14-10/h1,3,5,7,9H,2,4H2. The van der Waals surface area contributed by atoms with Crippen LogP contribution >= 0.6 is 23.4 Å². The first kappa shape index (κ1) is 8.81. The maximum absolute atomic E-state index is 12.0. The number of hydrogen-bond acceptors (Lipinski definition) is 2. The number of hydrogen-bond donors (Lipinski definition) is 0. The Labute approximate surface area is 91.8 Å². The number of carbonyl (C=O) groups excluding carboxylic acids is 1. The fourth-order valence-electron chi connectivity index (χ4n) is 2.07. The molecule has 14 heavy (non-hydrogen) atoms. The van der Waals surface area contributed by atoms with E-state index in [9.17, 15) is 4.79 Å². The Hall–Kier alpha value is -0.470. The van der Waals surface area contributed by atoms with Crippen LogP contribution in [0.2, 0.25) is 5.02 Å². The van der Waals surface area contributed by atoms with E-state index < -0.39 is 0 Å². The smallest absolute Gasteiger partial charge is 0.168 e. The van der Waals surface area contributed by atoms with Gasteiger partial charge < -0.3 is 0 Å². The van der Waals surface area contributed by atoms with Crippen LogP contribution < -0.4 is 0 Å². The molecule has 2 atom stereocenters. The number of thioether (sulfide) groups is 1. The van der Waals surface area contributed by atoms with Gasteiger partial charge in [0, 0.05) is 26.6 Å². The first-order valence-corrected chi connectivity index (χ1v) is 6.02. The third-order valence-corrected chi connectivity index (χ3v) is 4.75. The summed E-state index contributed by atoms with van der Waals surface area (Å²) < 4.78 is 0. The van der Waals surface area contributed by atoms with E-state index in [-0.39, 0.29) is 5.92 Å². The summed E-state index contributed by atoms with van der Waals surface area (Å²) in [4.78, 5) is 13.1. The molecule has 3 rings (SSSR count). The Balaban J connectivity index is 2.11. The number of fused-ring (bicyclic) bond motifs is 2. The fraction of sp³-hybridized carbons (Fsp3) is 0.364. The molecular formula is C11H9ClOS. The van der Waals surface area contributed by atoms with Crippen molar-refractivity contribution in [1.82, 2.24) is 0 Å². The zero-order valence-corrected chi connectivity index (χ0v) is 9.07. The number of rotatable bonds is 0. The summed E-state index contributed by atoms with van der Waals surface area (Å²) in [6, 6.07) is 5.63. The minimum atomic E-state index is 0.269. The molecule has 2 aliphatic rings. The van der Waals surface area contributed by atoms with Gasteiger partial charge in [0.25, 0.3) is 0 Å². The van der Waals surface area contributed by atoms with Crippen LogP contribution in [0.5, 0.6) is 0 Å². The van der Waals surface area contributed by atoms with Gasteiger partial charge in [-0.05, 0) is 31.0 Å². The van der Waals surface area contributed by atoms with Crippen LogP contribution in [-0.2, 0) is 0 Å². The van der Waals surface area contributed by atoms with Crippen LogP contribution in [0.15, 0.2) is 23.1 Å².